The Morgan fingerprint density at radius 3 is 2.89 bits per heavy atom. The lowest BCUT2D eigenvalue weighted by atomic mass is 10.2. The van der Waals surface area contributed by atoms with Gasteiger partial charge in [0.15, 0.2) is 0 Å². The molecule has 0 radical (unpaired) electrons. The van der Waals surface area contributed by atoms with E-state index in [0.717, 1.165) is 11.4 Å². The summed E-state index contributed by atoms with van der Waals surface area (Å²) in [6.07, 6.45) is 2.83. The lowest BCUT2D eigenvalue weighted by Gasteiger charge is -2.15. The molecule has 6 heteroatoms. The third-order valence-corrected chi connectivity index (χ3v) is 4.37. The number of hydrogen-bond donors (Lipinski definition) is 2. The van der Waals surface area contributed by atoms with Crippen LogP contribution in [0.15, 0.2) is 18.3 Å². The highest BCUT2D eigenvalue weighted by Gasteiger charge is 2.13. The van der Waals surface area contributed by atoms with Crippen molar-refractivity contribution in [1.29, 1.82) is 0 Å². The smallest absolute Gasteiger partial charge is 0.143 e. The normalized spacial score (nSPS) is 12.4. The molecule has 0 fully saturated rings. The fourth-order valence-corrected chi connectivity index (χ4v) is 2.70. The number of aromatic nitrogens is 1. The maximum absolute atomic E-state index is 13.4. The van der Waals surface area contributed by atoms with E-state index in [0.29, 0.717) is 11.4 Å². The predicted molar refractivity (Wildman–Crippen MR) is 79.4 cm³/mol. The molecule has 19 heavy (non-hydrogen) atoms. The zero-order valence-corrected chi connectivity index (χ0v) is 12.3. The average molecular weight is 300 g/mol. The molecular weight excluding hydrogens is 285 g/mol. The number of hydrogen-bond acceptors (Lipinski definition) is 4. The molecule has 3 nitrogen and oxygen atoms in total. The van der Waals surface area contributed by atoms with Gasteiger partial charge in [-0.15, -0.1) is 11.3 Å². The second-order valence-corrected chi connectivity index (χ2v) is 5.79. The first-order valence-electron chi connectivity index (χ1n) is 5.97. The number of nitrogens with zero attached hydrogens (tertiary/aromatic N) is 1. The van der Waals surface area contributed by atoms with Crippen molar-refractivity contribution in [3.63, 3.8) is 0 Å². The minimum Gasteiger partial charge on any atom is -0.397 e. The zero-order chi connectivity index (χ0) is 14.0. The van der Waals surface area contributed by atoms with Crippen molar-refractivity contribution >= 4 is 34.3 Å². The standard InChI is InChI=1S/C13H15ClFN3S/c1-3-8-6-17-13(19-8)7(2)18-12-5-10(15)9(14)4-11(12)16/h4-7,18H,3,16H2,1-2H3. The Hall–Kier alpha value is -1.33. The van der Waals surface area contributed by atoms with E-state index in [4.69, 9.17) is 17.3 Å². The Bertz CT molecular complexity index is 585. The van der Waals surface area contributed by atoms with Gasteiger partial charge in [0, 0.05) is 17.1 Å². The van der Waals surface area contributed by atoms with Gasteiger partial charge in [0.2, 0.25) is 0 Å². The van der Waals surface area contributed by atoms with E-state index >= 15 is 0 Å². The van der Waals surface area contributed by atoms with Gasteiger partial charge in [0.05, 0.1) is 22.4 Å². The van der Waals surface area contributed by atoms with Crippen molar-refractivity contribution in [2.45, 2.75) is 26.3 Å². The molecular formula is C13H15ClFN3S. The molecule has 3 N–H and O–H groups in total. The SMILES string of the molecule is CCc1cnc(C(C)Nc2cc(F)c(Cl)cc2N)s1. The monoisotopic (exact) mass is 299 g/mol. The summed E-state index contributed by atoms with van der Waals surface area (Å²) in [5.41, 5.74) is 6.77. The molecule has 2 rings (SSSR count). The molecule has 0 bridgehead atoms. The number of benzene rings is 1. The van der Waals surface area contributed by atoms with Crippen LogP contribution < -0.4 is 11.1 Å². The average Bonchev–Trinajstić information content (AvgIpc) is 2.84. The van der Waals surface area contributed by atoms with E-state index in [9.17, 15) is 4.39 Å². The molecule has 1 aromatic carbocycles. The number of rotatable bonds is 4. The van der Waals surface area contributed by atoms with Crippen molar-refractivity contribution in [3.8, 4) is 0 Å². The minimum atomic E-state index is -0.487. The first-order valence-corrected chi connectivity index (χ1v) is 7.16. The number of nitrogen functional groups attached to an aromatic ring is 1. The maximum atomic E-state index is 13.4. The first-order chi connectivity index (χ1) is 9.01. The highest BCUT2D eigenvalue weighted by atomic mass is 35.5. The van der Waals surface area contributed by atoms with Gasteiger partial charge in [-0.3, -0.25) is 0 Å². The van der Waals surface area contributed by atoms with Gasteiger partial charge in [0.25, 0.3) is 0 Å². The van der Waals surface area contributed by atoms with Gasteiger partial charge in [-0.05, 0) is 19.4 Å². The van der Waals surface area contributed by atoms with Crippen LogP contribution in [0.2, 0.25) is 5.02 Å². The summed E-state index contributed by atoms with van der Waals surface area (Å²) in [6, 6.07) is 2.68. The van der Waals surface area contributed by atoms with Gasteiger partial charge in [-0.1, -0.05) is 18.5 Å². The van der Waals surface area contributed by atoms with E-state index in [-0.39, 0.29) is 11.1 Å². The molecule has 0 aliphatic heterocycles. The summed E-state index contributed by atoms with van der Waals surface area (Å²) in [5.74, 6) is -0.487. The molecule has 2 aromatic rings. The van der Waals surface area contributed by atoms with Gasteiger partial charge >= 0.3 is 0 Å². The van der Waals surface area contributed by atoms with Crippen LogP contribution in [-0.2, 0) is 6.42 Å². The summed E-state index contributed by atoms with van der Waals surface area (Å²) < 4.78 is 13.4. The Morgan fingerprint density at radius 1 is 1.53 bits per heavy atom. The van der Waals surface area contributed by atoms with Gasteiger partial charge in [-0.2, -0.15) is 0 Å². The highest BCUT2D eigenvalue weighted by Crippen LogP contribution is 2.30. The molecule has 0 spiro atoms. The van der Waals surface area contributed by atoms with Crippen LogP contribution in [0.25, 0.3) is 0 Å². The molecule has 1 atom stereocenters. The fourth-order valence-electron chi connectivity index (χ4n) is 1.67. The first kappa shape index (κ1) is 14.1. The van der Waals surface area contributed by atoms with E-state index in [2.05, 4.69) is 17.2 Å². The second-order valence-electron chi connectivity index (χ2n) is 4.24. The molecule has 1 unspecified atom stereocenters. The third kappa shape index (κ3) is 3.16. The minimum absolute atomic E-state index is 0.0261. The predicted octanol–water partition coefficient (Wildman–Crippen LogP) is 4.25. The Balaban J connectivity index is 2.18. The van der Waals surface area contributed by atoms with Gasteiger partial charge < -0.3 is 11.1 Å². The largest absolute Gasteiger partial charge is 0.397 e. The molecule has 0 aliphatic carbocycles. The Morgan fingerprint density at radius 2 is 2.26 bits per heavy atom. The lowest BCUT2D eigenvalue weighted by Crippen LogP contribution is -2.08. The molecule has 102 valence electrons. The van der Waals surface area contributed by atoms with Crippen LogP contribution in [0, 0.1) is 5.82 Å². The summed E-state index contributed by atoms with van der Waals surface area (Å²) in [4.78, 5) is 5.57. The van der Waals surface area contributed by atoms with Crippen LogP contribution in [-0.4, -0.2) is 4.98 Å². The van der Waals surface area contributed by atoms with Crippen molar-refractivity contribution in [2.75, 3.05) is 11.1 Å². The van der Waals surface area contributed by atoms with Crippen molar-refractivity contribution < 1.29 is 4.39 Å². The number of halogens is 2. The Labute approximate surface area is 120 Å². The number of aryl methyl sites for hydroxylation is 1. The van der Waals surface area contributed by atoms with Crippen molar-refractivity contribution in [1.82, 2.24) is 4.98 Å². The third-order valence-electron chi connectivity index (χ3n) is 2.75. The quantitative estimate of drug-likeness (QED) is 0.830. The van der Waals surface area contributed by atoms with Crippen LogP contribution >= 0.6 is 22.9 Å². The second kappa shape index (κ2) is 5.75. The van der Waals surface area contributed by atoms with Gasteiger partial charge in [0.1, 0.15) is 10.8 Å². The number of nitrogens with one attached hydrogen (secondary N) is 1. The van der Waals surface area contributed by atoms with Crippen LogP contribution in [0.4, 0.5) is 15.8 Å². The fraction of sp³-hybridized carbons (Fsp3) is 0.308. The highest BCUT2D eigenvalue weighted by molar-refractivity contribution is 7.11. The summed E-state index contributed by atoms with van der Waals surface area (Å²) in [6.45, 7) is 4.05. The summed E-state index contributed by atoms with van der Waals surface area (Å²) in [5, 5.41) is 4.13. The lowest BCUT2D eigenvalue weighted by molar-refractivity contribution is 0.628. The molecule has 0 amide bonds. The summed E-state index contributed by atoms with van der Waals surface area (Å²) in [7, 11) is 0. The van der Waals surface area contributed by atoms with Gasteiger partial charge in [-0.25, -0.2) is 9.37 Å². The molecule has 0 saturated carbocycles. The van der Waals surface area contributed by atoms with E-state index in [1.54, 1.807) is 11.3 Å². The molecule has 0 aliphatic rings. The maximum Gasteiger partial charge on any atom is 0.143 e. The number of nitrogens with two attached hydrogens (primary N) is 1. The molecule has 1 heterocycles. The number of thiazole rings is 1. The summed E-state index contributed by atoms with van der Waals surface area (Å²) >= 11 is 7.31. The number of anilines is 2. The van der Waals surface area contributed by atoms with E-state index in [1.165, 1.54) is 17.0 Å². The van der Waals surface area contributed by atoms with E-state index < -0.39 is 5.82 Å². The van der Waals surface area contributed by atoms with Crippen molar-refractivity contribution in [2.24, 2.45) is 0 Å². The van der Waals surface area contributed by atoms with Crippen LogP contribution in [0.5, 0.6) is 0 Å². The topological polar surface area (TPSA) is 50.9 Å². The zero-order valence-electron chi connectivity index (χ0n) is 10.7. The van der Waals surface area contributed by atoms with Crippen molar-refractivity contribution in [3.05, 3.63) is 39.1 Å². The van der Waals surface area contributed by atoms with Crippen LogP contribution in [0.1, 0.15) is 29.8 Å². The Kier molecular flexibility index (Phi) is 4.27. The van der Waals surface area contributed by atoms with Crippen LogP contribution in [0.3, 0.4) is 0 Å². The van der Waals surface area contributed by atoms with E-state index in [1.807, 2.05) is 13.1 Å². The molecule has 0 saturated heterocycles. The molecule has 1 aromatic heterocycles.